The summed E-state index contributed by atoms with van der Waals surface area (Å²) in [6.07, 6.45) is 0. The third-order valence-corrected chi connectivity index (χ3v) is 2.22. The quantitative estimate of drug-likeness (QED) is 0.829. The zero-order chi connectivity index (χ0) is 12.3. The molecule has 1 aromatic carbocycles. The minimum Gasteiger partial charge on any atom is -0.508 e. The van der Waals surface area contributed by atoms with Crippen LogP contribution in [0.4, 0.5) is 5.69 Å². The Bertz CT molecular complexity index is 553. The van der Waals surface area contributed by atoms with Gasteiger partial charge in [-0.3, -0.25) is 4.79 Å². The van der Waals surface area contributed by atoms with Crippen LogP contribution in [0.15, 0.2) is 42.5 Å². The van der Waals surface area contributed by atoms with E-state index in [4.69, 9.17) is 0 Å². The van der Waals surface area contributed by atoms with Gasteiger partial charge in [-0.05, 0) is 31.2 Å². The summed E-state index contributed by atoms with van der Waals surface area (Å²) < 4.78 is 0. The van der Waals surface area contributed by atoms with Gasteiger partial charge in [-0.1, -0.05) is 12.1 Å². The van der Waals surface area contributed by atoms with E-state index in [2.05, 4.69) is 10.3 Å². The molecule has 0 bridgehead atoms. The van der Waals surface area contributed by atoms with Crippen LogP contribution in [0.1, 0.15) is 16.2 Å². The fourth-order valence-corrected chi connectivity index (χ4v) is 1.45. The fraction of sp³-hybridized carbons (Fsp3) is 0.0769. The van der Waals surface area contributed by atoms with Crippen molar-refractivity contribution in [3.8, 4) is 5.75 Å². The van der Waals surface area contributed by atoms with Crippen LogP contribution >= 0.6 is 0 Å². The summed E-state index contributed by atoms with van der Waals surface area (Å²) in [5, 5.41) is 11.9. The van der Waals surface area contributed by atoms with E-state index in [1.54, 1.807) is 30.3 Å². The molecule has 0 fully saturated rings. The number of amides is 1. The second kappa shape index (κ2) is 4.65. The molecular formula is C13H12N2O2. The van der Waals surface area contributed by atoms with Gasteiger partial charge in [0.1, 0.15) is 11.4 Å². The van der Waals surface area contributed by atoms with Crippen LogP contribution in [0.5, 0.6) is 5.75 Å². The van der Waals surface area contributed by atoms with E-state index in [1.165, 1.54) is 6.07 Å². The van der Waals surface area contributed by atoms with Crippen molar-refractivity contribution in [3.05, 3.63) is 53.9 Å². The van der Waals surface area contributed by atoms with Crippen molar-refractivity contribution in [3.63, 3.8) is 0 Å². The molecule has 1 heterocycles. The normalized spacial score (nSPS) is 9.94. The first-order valence-electron chi connectivity index (χ1n) is 5.19. The van der Waals surface area contributed by atoms with Crippen molar-refractivity contribution in [1.29, 1.82) is 0 Å². The molecule has 4 heteroatoms. The first kappa shape index (κ1) is 11.1. The largest absolute Gasteiger partial charge is 0.508 e. The predicted octanol–water partition coefficient (Wildman–Crippen LogP) is 2.35. The molecule has 2 aromatic rings. The molecule has 0 atom stereocenters. The maximum absolute atomic E-state index is 11.8. The van der Waals surface area contributed by atoms with E-state index in [0.717, 1.165) is 5.69 Å². The van der Waals surface area contributed by atoms with Gasteiger partial charge >= 0.3 is 0 Å². The van der Waals surface area contributed by atoms with E-state index in [-0.39, 0.29) is 11.7 Å². The van der Waals surface area contributed by atoms with Gasteiger partial charge in [-0.15, -0.1) is 0 Å². The highest BCUT2D eigenvalue weighted by Crippen LogP contribution is 2.15. The number of hydrogen-bond donors (Lipinski definition) is 2. The Labute approximate surface area is 98.9 Å². The first-order chi connectivity index (χ1) is 8.15. The summed E-state index contributed by atoms with van der Waals surface area (Å²) in [4.78, 5) is 15.9. The smallest absolute Gasteiger partial charge is 0.274 e. The summed E-state index contributed by atoms with van der Waals surface area (Å²) in [7, 11) is 0. The zero-order valence-electron chi connectivity index (χ0n) is 9.34. The number of anilines is 1. The standard InChI is InChI=1S/C13H12N2O2/c1-9-4-2-7-12(14-9)13(17)15-10-5-3-6-11(16)8-10/h2-8,16H,1H3,(H,15,17). The third kappa shape index (κ3) is 2.81. The summed E-state index contributed by atoms with van der Waals surface area (Å²) >= 11 is 0. The maximum Gasteiger partial charge on any atom is 0.274 e. The lowest BCUT2D eigenvalue weighted by Gasteiger charge is -2.05. The molecule has 2 rings (SSSR count). The molecule has 1 aromatic heterocycles. The van der Waals surface area contributed by atoms with Crippen LogP contribution in [0.25, 0.3) is 0 Å². The third-order valence-electron chi connectivity index (χ3n) is 2.22. The molecule has 0 saturated heterocycles. The summed E-state index contributed by atoms with van der Waals surface area (Å²) in [6.45, 7) is 1.82. The molecular weight excluding hydrogens is 216 g/mol. The average molecular weight is 228 g/mol. The van der Waals surface area contributed by atoms with Crippen molar-refractivity contribution in [2.75, 3.05) is 5.32 Å². The van der Waals surface area contributed by atoms with Crippen molar-refractivity contribution < 1.29 is 9.90 Å². The van der Waals surface area contributed by atoms with Crippen LogP contribution in [-0.4, -0.2) is 16.0 Å². The van der Waals surface area contributed by atoms with Gasteiger partial charge in [0.25, 0.3) is 5.91 Å². The van der Waals surface area contributed by atoms with Crippen molar-refractivity contribution in [1.82, 2.24) is 4.98 Å². The number of aromatic hydroxyl groups is 1. The Balaban J connectivity index is 2.17. The molecule has 0 unspecified atom stereocenters. The molecule has 1 amide bonds. The minimum absolute atomic E-state index is 0.111. The number of benzene rings is 1. The van der Waals surface area contributed by atoms with Crippen molar-refractivity contribution in [2.45, 2.75) is 6.92 Å². The number of rotatable bonds is 2. The van der Waals surface area contributed by atoms with Crippen molar-refractivity contribution >= 4 is 11.6 Å². The number of phenols is 1. The molecule has 0 aliphatic heterocycles. The topological polar surface area (TPSA) is 62.2 Å². The molecule has 0 spiro atoms. The van der Waals surface area contributed by atoms with E-state index < -0.39 is 0 Å². The van der Waals surface area contributed by atoms with Crippen LogP contribution in [0, 0.1) is 6.92 Å². The van der Waals surface area contributed by atoms with Crippen molar-refractivity contribution in [2.24, 2.45) is 0 Å². The summed E-state index contributed by atoms with van der Waals surface area (Å²) in [5.74, 6) is -0.181. The number of phenolic OH excluding ortho intramolecular Hbond substituents is 1. The number of hydrogen-bond acceptors (Lipinski definition) is 3. The van der Waals surface area contributed by atoms with Crippen LogP contribution < -0.4 is 5.32 Å². The number of pyridine rings is 1. The fourth-order valence-electron chi connectivity index (χ4n) is 1.45. The number of nitrogens with one attached hydrogen (secondary N) is 1. The van der Waals surface area contributed by atoms with Gasteiger partial charge in [0, 0.05) is 17.4 Å². The summed E-state index contributed by atoms with van der Waals surface area (Å²) in [6, 6.07) is 11.6. The van der Waals surface area contributed by atoms with Crippen LogP contribution in [-0.2, 0) is 0 Å². The van der Waals surface area contributed by atoms with Gasteiger partial charge in [0.05, 0.1) is 0 Å². The molecule has 86 valence electrons. The van der Waals surface area contributed by atoms with Gasteiger partial charge in [0.15, 0.2) is 0 Å². The van der Waals surface area contributed by atoms with Gasteiger partial charge in [-0.25, -0.2) is 4.98 Å². The highest BCUT2D eigenvalue weighted by atomic mass is 16.3. The predicted molar refractivity (Wildman–Crippen MR) is 65.0 cm³/mol. The van der Waals surface area contributed by atoms with Crippen LogP contribution in [0.2, 0.25) is 0 Å². The van der Waals surface area contributed by atoms with Gasteiger partial charge in [-0.2, -0.15) is 0 Å². The highest BCUT2D eigenvalue weighted by Gasteiger charge is 2.07. The van der Waals surface area contributed by atoms with Gasteiger partial charge < -0.3 is 10.4 Å². The Kier molecular flexibility index (Phi) is 3.05. The second-order valence-electron chi connectivity index (χ2n) is 3.67. The molecule has 0 aliphatic rings. The maximum atomic E-state index is 11.8. The molecule has 0 aliphatic carbocycles. The number of nitrogens with zero attached hydrogens (tertiary/aromatic N) is 1. The van der Waals surface area contributed by atoms with E-state index in [9.17, 15) is 9.90 Å². The highest BCUT2D eigenvalue weighted by molar-refractivity contribution is 6.02. The minimum atomic E-state index is -0.292. The molecule has 2 N–H and O–H groups in total. The summed E-state index contributed by atoms with van der Waals surface area (Å²) in [5.41, 5.74) is 1.68. The Morgan fingerprint density at radius 1 is 1.24 bits per heavy atom. The average Bonchev–Trinajstić information content (AvgIpc) is 2.29. The number of aryl methyl sites for hydroxylation is 1. The van der Waals surface area contributed by atoms with Crippen LogP contribution in [0.3, 0.4) is 0 Å². The Morgan fingerprint density at radius 3 is 2.71 bits per heavy atom. The van der Waals surface area contributed by atoms with Gasteiger partial charge in [0.2, 0.25) is 0 Å². The van der Waals surface area contributed by atoms with E-state index >= 15 is 0 Å². The Hall–Kier alpha value is -2.36. The molecule has 0 saturated carbocycles. The second-order valence-corrected chi connectivity index (χ2v) is 3.67. The van der Waals surface area contributed by atoms with E-state index in [0.29, 0.717) is 11.4 Å². The lowest BCUT2D eigenvalue weighted by Crippen LogP contribution is -2.13. The number of aromatic nitrogens is 1. The van der Waals surface area contributed by atoms with E-state index in [1.807, 2.05) is 13.0 Å². The first-order valence-corrected chi connectivity index (χ1v) is 5.19. The zero-order valence-corrected chi connectivity index (χ0v) is 9.34. The molecule has 4 nitrogen and oxygen atoms in total. The lowest BCUT2D eigenvalue weighted by atomic mass is 10.2. The lowest BCUT2D eigenvalue weighted by molar-refractivity contribution is 0.102. The number of carbonyl (C=O) groups excluding carboxylic acids is 1. The SMILES string of the molecule is Cc1cccc(C(=O)Nc2cccc(O)c2)n1. The Morgan fingerprint density at radius 2 is 2.00 bits per heavy atom. The molecule has 0 radical (unpaired) electrons. The molecule has 17 heavy (non-hydrogen) atoms. The number of carbonyl (C=O) groups is 1. The monoisotopic (exact) mass is 228 g/mol.